The minimum absolute atomic E-state index is 0.443. The molecule has 0 spiro atoms. The molecular formula is C17H24O2. The first-order valence-electron chi connectivity index (χ1n) is 7.67. The molecule has 2 heteroatoms. The molecule has 0 saturated heterocycles. The summed E-state index contributed by atoms with van der Waals surface area (Å²) in [7, 11) is 0. The Balaban J connectivity index is 1.64. The van der Waals surface area contributed by atoms with Crippen molar-refractivity contribution in [3.05, 3.63) is 35.4 Å². The van der Waals surface area contributed by atoms with Crippen LogP contribution in [0.15, 0.2) is 24.3 Å². The van der Waals surface area contributed by atoms with Gasteiger partial charge < -0.3 is 10.2 Å². The Morgan fingerprint density at radius 3 is 2.47 bits per heavy atom. The van der Waals surface area contributed by atoms with E-state index >= 15 is 0 Å². The Bertz CT molecular complexity index is 433. The molecular weight excluding hydrogens is 236 g/mol. The minimum Gasteiger partial charge on any atom is -0.390 e. The number of rotatable bonds is 3. The van der Waals surface area contributed by atoms with E-state index in [9.17, 15) is 10.2 Å². The van der Waals surface area contributed by atoms with Crippen LogP contribution in [0, 0.1) is 0 Å². The van der Waals surface area contributed by atoms with Crippen molar-refractivity contribution >= 4 is 0 Å². The zero-order valence-electron chi connectivity index (χ0n) is 11.5. The molecule has 0 amide bonds. The van der Waals surface area contributed by atoms with E-state index in [1.807, 2.05) is 0 Å². The molecule has 0 aliphatic heterocycles. The lowest BCUT2D eigenvalue weighted by Gasteiger charge is -2.38. The van der Waals surface area contributed by atoms with Gasteiger partial charge in [0.2, 0.25) is 0 Å². The summed E-state index contributed by atoms with van der Waals surface area (Å²) in [4.78, 5) is 0. The second-order valence-electron chi connectivity index (χ2n) is 6.37. The molecule has 0 aromatic heterocycles. The standard InChI is InChI=1S/C17H24O2/c18-16(17(19)9-5-1-2-6-10-17)12-14-11-13-7-3-4-8-15(13)14/h3-4,7-8,14,16,18-19H,1-2,5-6,9-12H2. The number of fused-ring (bicyclic) bond motifs is 1. The third-order valence-electron chi connectivity index (χ3n) is 5.06. The van der Waals surface area contributed by atoms with Gasteiger partial charge in [-0.1, -0.05) is 49.9 Å². The first-order chi connectivity index (χ1) is 9.19. The van der Waals surface area contributed by atoms with Crippen molar-refractivity contribution in [2.45, 2.75) is 69.0 Å². The molecule has 2 aliphatic rings. The van der Waals surface area contributed by atoms with Crippen molar-refractivity contribution in [2.75, 3.05) is 0 Å². The van der Waals surface area contributed by atoms with Crippen molar-refractivity contribution in [1.82, 2.24) is 0 Å². The van der Waals surface area contributed by atoms with Crippen molar-refractivity contribution in [1.29, 1.82) is 0 Å². The van der Waals surface area contributed by atoms with Gasteiger partial charge in [0.15, 0.2) is 0 Å². The van der Waals surface area contributed by atoms with Crippen LogP contribution in [0.1, 0.15) is 62.0 Å². The first kappa shape index (κ1) is 13.1. The summed E-state index contributed by atoms with van der Waals surface area (Å²) >= 11 is 0. The maximum absolute atomic E-state index is 10.7. The summed E-state index contributed by atoms with van der Waals surface area (Å²) in [6.07, 6.45) is 7.23. The predicted molar refractivity (Wildman–Crippen MR) is 76.2 cm³/mol. The maximum atomic E-state index is 10.7. The summed E-state index contributed by atoms with van der Waals surface area (Å²) in [6, 6.07) is 8.47. The molecule has 2 atom stereocenters. The molecule has 0 bridgehead atoms. The SMILES string of the molecule is OC(CC1Cc2ccccc21)C1(O)CCCCCC1. The van der Waals surface area contributed by atoms with Crippen LogP contribution in [-0.4, -0.2) is 21.9 Å². The molecule has 0 heterocycles. The fourth-order valence-corrected chi connectivity index (χ4v) is 3.74. The highest BCUT2D eigenvalue weighted by Crippen LogP contribution is 2.41. The molecule has 2 aliphatic carbocycles. The molecule has 2 unspecified atom stereocenters. The van der Waals surface area contributed by atoms with Gasteiger partial charge in [-0.15, -0.1) is 0 Å². The summed E-state index contributed by atoms with van der Waals surface area (Å²) in [5.41, 5.74) is 1.95. The molecule has 1 aromatic rings. The van der Waals surface area contributed by atoms with Gasteiger partial charge in [-0.05, 0) is 42.7 Å². The lowest BCUT2D eigenvalue weighted by atomic mass is 9.72. The molecule has 1 aromatic carbocycles. The van der Waals surface area contributed by atoms with Crippen LogP contribution in [0.3, 0.4) is 0 Å². The summed E-state index contributed by atoms with van der Waals surface area (Å²) in [5, 5.41) is 21.2. The van der Waals surface area contributed by atoms with Crippen LogP contribution in [0.2, 0.25) is 0 Å². The van der Waals surface area contributed by atoms with E-state index in [0.717, 1.165) is 32.1 Å². The van der Waals surface area contributed by atoms with Crippen LogP contribution in [0.4, 0.5) is 0 Å². The number of benzene rings is 1. The minimum atomic E-state index is -0.832. The normalized spacial score (nSPS) is 26.9. The van der Waals surface area contributed by atoms with Gasteiger partial charge >= 0.3 is 0 Å². The van der Waals surface area contributed by atoms with E-state index in [2.05, 4.69) is 24.3 Å². The van der Waals surface area contributed by atoms with Crippen LogP contribution < -0.4 is 0 Å². The van der Waals surface area contributed by atoms with Gasteiger partial charge in [0.1, 0.15) is 0 Å². The maximum Gasteiger partial charge on any atom is 0.0905 e. The monoisotopic (exact) mass is 260 g/mol. The summed E-state index contributed by atoms with van der Waals surface area (Å²) < 4.78 is 0. The van der Waals surface area contributed by atoms with E-state index in [0.29, 0.717) is 12.3 Å². The molecule has 0 radical (unpaired) electrons. The van der Waals surface area contributed by atoms with E-state index in [1.54, 1.807) is 0 Å². The molecule has 19 heavy (non-hydrogen) atoms. The second-order valence-corrected chi connectivity index (χ2v) is 6.37. The van der Waals surface area contributed by atoms with E-state index in [1.165, 1.54) is 24.0 Å². The number of hydrogen-bond donors (Lipinski definition) is 2. The van der Waals surface area contributed by atoms with Crippen LogP contribution in [-0.2, 0) is 6.42 Å². The highest BCUT2D eigenvalue weighted by Gasteiger charge is 2.39. The fraction of sp³-hybridized carbons (Fsp3) is 0.647. The van der Waals surface area contributed by atoms with Gasteiger partial charge in [0.25, 0.3) is 0 Å². The summed E-state index contributed by atoms with van der Waals surface area (Å²) in [5.74, 6) is 0.443. The van der Waals surface area contributed by atoms with Gasteiger partial charge in [-0.2, -0.15) is 0 Å². The Morgan fingerprint density at radius 2 is 1.79 bits per heavy atom. The average molecular weight is 260 g/mol. The molecule has 3 rings (SSSR count). The van der Waals surface area contributed by atoms with E-state index < -0.39 is 11.7 Å². The zero-order valence-corrected chi connectivity index (χ0v) is 11.5. The lowest BCUT2D eigenvalue weighted by molar-refractivity contribution is -0.0904. The molecule has 2 N–H and O–H groups in total. The molecule has 104 valence electrons. The van der Waals surface area contributed by atoms with Crippen LogP contribution in [0.5, 0.6) is 0 Å². The highest BCUT2D eigenvalue weighted by molar-refractivity contribution is 5.39. The van der Waals surface area contributed by atoms with Crippen molar-refractivity contribution in [2.24, 2.45) is 0 Å². The Morgan fingerprint density at radius 1 is 1.11 bits per heavy atom. The number of aliphatic hydroxyl groups excluding tert-OH is 1. The topological polar surface area (TPSA) is 40.5 Å². The third kappa shape index (κ3) is 2.56. The average Bonchev–Trinajstić information content (AvgIpc) is 2.62. The Labute approximate surface area is 115 Å². The van der Waals surface area contributed by atoms with Crippen molar-refractivity contribution < 1.29 is 10.2 Å². The van der Waals surface area contributed by atoms with Crippen LogP contribution >= 0.6 is 0 Å². The number of hydrogen-bond acceptors (Lipinski definition) is 2. The fourth-order valence-electron chi connectivity index (χ4n) is 3.74. The quantitative estimate of drug-likeness (QED) is 0.820. The van der Waals surface area contributed by atoms with E-state index in [4.69, 9.17) is 0 Å². The third-order valence-corrected chi connectivity index (χ3v) is 5.06. The van der Waals surface area contributed by atoms with Crippen molar-refractivity contribution in [3.63, 3.8) is 0 Å². The number of aliphatic hydroxyl groups is 2. The van der Waals surface area contributed by atoms with Gasteiger partial charge in [0, 0.05) is 0 Å². The van der Waals surface area contributed by atoms with Crippen LogP contribution in [0.25, 0.3) is 0 Å². The van der Waals surface area contributed by atoms with Gasteiger partial charge in [-0.3, -0.25) is 0 Å². The van der Waals surface area contributed by atoms with Crippen molar-refractivity contribution in [3.8, 4) is 0 Å². The van der Waals surface area contributed by atoms with Gasteiger partial charge in [-0.25, -0.2) is 0 Å². The first-order valence-corrected chi connectivity index (χ1v) is 7.67. The Kier molecular flexibility index (Phi) is 3.64. The second kappa shape index (κ2) is 5.26. The molecule has 1 fully saturated rings. The highest BCUT2D eigenvalue weighted by atomic mass is 16.3. The predicted octanol–water partition coefficient (Wildman–Crippen LogP) is 3.16. The molecule has 2 nitrogen and oxygen atoms in total. The Hall–Kier alpha value is -0.860. The zero-order chi connectivity index (χ0) is 13.3. The van der Waals surface area contributed by atoms with E-state index in [-0.39, 0.29) is 0 Å². The lowest BCUT2D eigenvalue weighted by Crippen LogP contribution is -2.43. The smallest absolute Gasteiger partial charge is 0.0905 e. The molecule has 1 saturated carbocycles. The summed E-state index contributed by atoms with van der Waals surface area (Å²) in [6.45, 7) is 0. The van der Waals surface area contributed by atoms with Gasteiger partial charge in [0.05, 0.1) is 11.7 Å². The largest absolute Gasteiger partial charge is 0.390 e.